The van der Waals surface area contributed by atoms with Crippen molar-refractivity contribution in [2.24, 2.45) is 0 Å². The fourth-order valence-electron chi connectivity index (χ4n) is 1.40. The molecule has 1 aromatic rings. The predicted molar refractivity (Wildman–Crippen MR) is 78.9 cm³/mol. The van der Waals surface area contributed by atoms with Crippen LogP contribution in [-0.4, -0.2) is 19.6 Å². The molecule has 4 nitrogen and oxygen atoms in total. The maximum Gasteiger partial charge on any atom is 0.325 e. The Hall–Kier alpha value is -1.41. The Labute approximate surface area is 131 Å². The lowest BCUT2D eigenvalue weighted by Crippen LogP contribution is -2.19. The second-order valence-electron chi connectivity index (χ2n) is 3.78. The molecule has 0 unspecified atom stereocenters. The molecule has 1 N–H and O–H groups in total. The second-order valence-corrected chi connectivity index (χ2v) is 5.00. The van der Waals surface area contributed by atoms with Gasteiger partial charge in [0.15, 0.2) is 0 Å². The number of ether oxygens (including phenoxy) is 1. The molecule has 0 aliphatic rings. The summed E-state index contributed by atoms with van der Waals surface area (Å²) in [6.45, 7) is -0.0221. The molecule has 0 amide bonds. The molecule has 0 atom stereocenters. The predicted octanol–water partition coefficient (Wildman–Crippen LogP) is 3.36. The van der Waals surface area contributed by atoms with Gasteiger partial charge in [0.05, 0.1) is 23.2 Å². The summed E-state index contributed by atoms with van der Waals surface area (Å²) in [5, 5.41) is 12.9. The first-order chi connectivity index (χ1) is 9.47. The maximum atomic E-state index is 10.9. The Morgan fingerprint density at radius 2 is 2.15 bits per heavy atom. The van der Waals surface area contributed by atoms with Crippen molar-refractivity contribution < 1.29 is 9.53 Å². The van der Waals surface area contributed by atoms with E-state index in [1.54, 1.807) is 6.07 Å². The van der Waals surface area contributed by atoms with Gasteiger partial charge in [0.25, 0.3) is 0 Å². The Kier molecular flexibility index (Phi) is 6.66. The number of allylic oxidation sites excluding steroid dienone is 1. The zero-order chi connectivity index (χ0) is 15.1. The molecule has 1 rings (SSSR count). The van der Waals surface area contributed by atoms with Crippen molar-refractivity contribution in [1.82, 2.24) is 5.32 Å². The number of nitrogens with zero attached hydrogens (tertiary/aromatic N) is 1. The Morgan fingerprint density at radius 3 is 2.75 bits per heavy atom. The van der Waals surface area contributed by atoms with Crippen molar-refractivity contribution >= 4 is 40.8 Å². The van der Waals surface area contributed by atoms with E-state index in [2.05, 4.69) is 10.1 Å². The van der Waals surface area contributed by atoms with E-state index in [1.807, 2.05) is 6.07 Å². The smallest absolute Gasteiger partial charge is 0.325 e. The average Bonchev–Trinajstić information content (AvgIpc) is 2.42. The summed E-state index contributed by atoms with van der Waals surface area (Å²) in [4.78, 5) is 10.9. The van der Waals surface area contributed by atoms with Crippen LogP contribution in [0, 0.1) is 11.3 Å². The summed E-state index contributed by atoms with van der Waals surface area (Å²) in [7, 11) is 1.28. The molecular formula is C13H11Cl3N2O2. The number of nitrogens with one attached hydrogen (secondary N) is 1. The van der Waals surface area contributed by atoms with Crippen LogP contribution in [0.4, 0.5) is 0 Å². The first-order valence-corrected chi connectivity index (χ1v) is 6.64. The summed E-state index contributed by atoms with van der Waals surface area (Å²) in [6, 6.07) is 5.18. The summed E-state index contributed by atoms with van der Waals surface area (Å²) in [6.07, 6.45) is 1.69. The number of esters is 1. The molecule has 0 aliphatic carbocycles. The third-order valence-electron chi connectivity index (χ3n) is 2.34. The topological polar surface area (TPSA) is 62.1 Å². The van der Waals surface area contributed by atoms with Crippen LogP contribution in [0.15, 0.2) is 23.9 Å². The zero-order valence-electron chi connectivity index (χ0n) is 10.5. The van der Waals surface area contributed by atoms with Crippen LogP contribution in [0.5, 0.6) is 0 Å². The number of hydrogen-bond donors (Lipinski definition) is 1. The van der Waals surface area contributed by atoms with Gasteiger partial charge in [0.2, 0.25) is 0 Å². The van der Waals surface area contributed by atoms with Crippen LogP contribution >= 0.6 is 34.8 Å². The van der Waals surface area contributed by atoms with Crippen LogP contribution in [0.1, 0.15) is 5.56 Å². The molecular weight excluding hydrogens is 323 g/mol. The van der Waals surface area contributed by atoms with Gasteiger partial charge in [-0.05, 0) is 17.7 Å². The Morgan fingerprint density at radius 1 is 1.45 bits per heavy atom. The molecule has 106 valence electrons. The summed E-state index contributed by atoms with van der Waals surface area (Å²) >= 11 is 17.9. The highest BCUT2D eigenvalue weighted by molar-refractivity contribution is 6.43. The minimum atomic E-state index is -0.428. The molecule has 0 aliphatic heterocycles. The van der Waals surface area contributed by atoms with Crippen LogP contribution in [0.3, 0.4) is 0 Å². The number of benzene rings is 1. The van der Waals surface area contributed by atoms with E-state index in [-0.39, 0.29) is 13.0 Å². The highest BCUT2D eigenvalue weighted by atomic mass is 35.5. The molecule has 0 aromatic heterocycles. The highest BCUT2D eigenvalue weighted by Gasteiger charge is 2.09. The van der Waals surface area contributed by atoms with Gasteiger partial charge in [0.1, 0.15) is 6.54 Å². The normalized spacial score (nSPS) is 10.8. The number of halogens is 3. The van der Waals surface area contributed by atoms with Gasteiger partial charge in [0, 0.05) is 23.2 Å². The van der Waals surface area contributed by atoms with E-state index >= 15 is 0 Å². The molecule has 0 saturated carbocycles. The van der Waals surface area contributed by atoms with E-state index in [0.717, 1.165) is 0 Å². The molecule has 0 saturated heterocycles. The summed E-state index contributed by atoms with van der Waals surface area (Å²) in [5.41, 5.74) is 1.02. The molecule has 0 fully saturated rings. The molecule has 0 radical (unpaired) electrons. The first kappa shape index (κ1) is 16.6. The van der Waals surface area contributed by atoms with Crippen LogP contribution in [-0.2, 0) is 16.0 Å². The van der Waals surface area contributed by atoms with E-state index in [9.17, 15) is 4.79 Å². The summed E-state index contributed by atoms with van der Waals surface area (Å²) in [5.74, 6) is -0.428. The first-order valence-electron chi connectivity index (χ1n) is 5.50. The molecule has 7 heteroatoms. The molecule has 1 aromatic carbocycles. The largest absolute Gasteiger partial charge is 0.468 e. The average molecular weight is 334 g/mol. The van der Waals surface area contributed by atoms with E-state index in [1.165, 1.54) is 19.4 Å². The van der Waals surface area contributed by atoms with Crippen molar-refractivity contribution in [3.63, 3.8) is 0 Å². The quantitative estimate of drug-likeness (QED) is 0.510. The lowest BCUT2D eigenvalue weighted by molar-refractivity contribution is -0.139. The van der Waals surface area contributed by atoms with Gasteiger partial charge in [-0.2, -0.15) is 5.26 Å². The van der Waals surface area contributed by atoms with Crippen molar-refractivity contribution in [3.8, 4) is 6.07 Å². The lowest BCUT2D eigenvalue weighted by atomic mass is 10.1. The maximum absolute atomic E-state index is 10.9. The van der Waals surface area contributed by atoms with E-state index < -0.39 is 5.97 Å². The highest BCUT2D eigenvalue weighted by Crippen LogP contribution is 2.31. The van der Waals surface area contributed by atoms with Gasteiger partial charge < -0.3 is 10.1 Å². The number of carbonyl (C=O) groups excluding carboxylic acids is 1. The third-order valence-corrected chi connectivity index (χ3v) is 3.40. The van der Waals surface area contributed by atoms with Gasteiger partial charge in [-0.25, -0.2) is 0 Å². The summed E-state index contributed by atoms with van der Waals surface area (Å²) < 4.78 is 4.46. The fourth-order valence-corrected chi connectivity index (χ4v) is 2.11. The number of carbonyl (C=O) groups is 1. The van der Waals surface area contributed by atoms with Gasteiger partial charge in [-0.15, -0.1) is 0 Å². The monoisotopic (exact) mass is 332 g/mol. The number of rotatable bonds is 5. The van der Waals surface area contributed by atoms with E-state index in [0.29, 0.717) is 26.2 Å². The molecule has 20 heavy (non-hydrogen) atoms. The van der Waals surface area contributed by atoms with Gasteiger partial charge in [-0.3, -0.25) is 4.79 Å². The number of methoxy groups -OCH3 is 1. The molecule has 0 bridgehead atoms. The second kappa shape index (κ2) is 8.01. The minimum absolute atomic E-state index is 0.0221. The van der Waals surface area contributed by atoms with E-state index in [4.69, 9.17) is 40.1 Å². The van der Waals surface area contributed by atoms with Crippen LogP contribution in [0.2, 0.25) is 15.1 Å². The number of nitriles is 1. The van der Waals surface area contributed by atoms with Crippen molar-refractivity contribution in [2.45, 2.75) is 6.42 Å². The van der Waals surface area contributed by atoms with Crippen molar-refractivity contribution in [1.29, 1.82) is 5.26 Å². The van der Waals surface area contributed by atoms with Crippen LogP contribution in [0.25, 0.3) is 0 Å². The van der Waals surface area contributed by atoms with Gasteiger partial charge in [-0.1, -0.05) is 34.8 Å². The SMILES string of the molecule is COC(=O)CN/C=C(\C#N)Cc1cc(Cl)cc(Cl)c1Cl. The van der Waals surface area contributed by atoms with Crippen molar-refractivity contribution in [3.05, 3.63) is 44.5 Å². The third kappa shape index (κ3) is 4.93. The molecule has 0 spiro atoms. The zero-order valence-corrected chi connectivity index (χ0v) is 12.8. The fraction of sp³-hybridized carbons (Fsp3) is 0.231. The van der Waals surface area contributed by atoms with Crippen molar-refractivity contribution in [2.75, 3.05) is 13.7 Å². The lowest BCUT2D eigenvalue weighted by Gasteiger charge is -2.07. The minimum Gasteiger partial charge on any atom is -0.468 e. The molecule has 0 heterocycles. The standard InChI is InChI=1S/C13H11Cl3N2O2/c1-20-12(19)7-18-6-8(5-17)2-9-3-10(14)4-11(15)13(9)16/h3-4,6,18H,2,7H2,1H3/b8-6-. The van der Waals surface area contributed by atoms with Crippen LogP contribution < -0.4 is 5.32 Å². The van der Waals surface area contributed by atoms with Gasteiger partial charge >= 0.3 is 5.97 Å². The number of hydrogen-bond acceptors (Lipinski definition) is 4. The Bertz CT molecular complexity index is 580. The Balaban J connectivity index is 2.82.